The molecule has 116 valence electrons. The number of anilines is 1. The Hall–Kier alpha value is -1.91. The fourth-order valence-electron chi connectivity index (χ4n) is 2.54. The highest BCUT2D eigenvalue weighted by atomic mass is 16.6. The molecule has 0 unspecified atom stereocenters. The van der Waals surface area contributed by atoms with E-state index in [4.69, 9.17) is 9.47 Å². The van der Waals surface area contributed by atoms with Gasteiger partial charge in [-0.25, -0.2) is 4.79 Å². The van der Waals surface area contributed by atoms with Gasteiger partial charge < -0.3 is 19.7 Å². The molecule has 0 bridgehead atoms. The van der Waals surface area contributed by atoms with Gasteiger partial charge in [0.1, 0.15) is 11.9 Å². The minimum Gasteiger partial charge on any atom is -0.497 e. The third kappa shape index (κ3) is 4.28. The predicted molar refractivity (Wildman–Crippen MR) is 82.8 cm³/mol. The quantitative estimate of drug-likeness (QED) is 0.926. The molecule has 21 heavy (non-hydrogen) atoms. The van der Waals surface area contributed by atoms with Gasteiger partial charge >= 0.3 is 6.09 Å². The highest BCUT2D eigenvalue weighted by molar-refractivity contribution is 5.67. The summed E-state index contributed by atoms with van der Waals surface area (Å²) in [5.41, 5.74) is 1.02. The van der Waals surface area contributed by atoms with Crippen molar-refractivity contribution in [2.45, 2.75) is 37.8 Å². The topological polar surface area (TPSA) is 50.8 Å². The second kappa shape index (κ2) is 7.20. The number of carbonyl (C=O) groups excluding carboxylic acids is 1. The van der Waals surface area contributed by atoms with Crippen molar-refractivity contribution in [3.63, 3.8) is 0 Å². The molecule has 0 radical (unpaired) electrons. The van der Waals surface area contributed by atoms with E-state index in [1.165, 1.54) is 4.90 Å². The first kappa shape index (κ1) is 15.5. The van der Waals surface area contributed by atoms with Crippen LogP contribution in [0.3, 0.4) is 0 Å². The van der Waals surface area contributed by atoms with E-state index < -0.39 is 0 Å². The van der Waals surface area contributed by atoms with Crippen LogP contribution in [0.4, 0.5) is 10.5 Å². The Bertz CT molecular complexity index is 459. The minimum atomic E-state index is -0.275. The molecule has 1 saturated carbocycles. The number of nitrogens with one attached hydrogen (secondary N) is 1. The lowest BCUT2D eigenvalue weighted by Crippen LogP contribution is -2.41. The van der Waals surface area contributed by atoms with Crippen LogP contribution in [0.15, 0.2) is 24.3 Å². The van der Waals surface area contributed by atoms with Crippen molar-refractivity contribution in [1.82, 2.24) is 4.90 Å². The number of methoxy groups -OCH3 is 1. The van der Waals surface area contributed by atoms with E-state index >= 15 is 0 Å². The second-order valence-corrected chi connectivity index (χ2v) is 5.58. The van der Waals surface area contributed by atoms with E-state index in [-0.39, 0.29) is 18.2 Å². The highest BCUT2D eigenvalue weighted by Gasteiger charge is 2.28. The van der Waals surface area contributed by atoms with Crippen molar-refractivity contribution in [2.24, 2.45) is 0 Å². The summed E-state index contributed by atoms with van der Waals surface area (Å²) in [4.78, 5) is 13.2. The molecular formula is C16H24N2O3. The summed E-state index contributed by atoms with van der Waals surface area (Å²) >= 11 is 0. The van der Waals surface area contributed by atoms with Crippen molar-refractivity contribution < 1.29 is 14.3 Å². The SMILES string of the molecule is COc1ccc(N[C@H]2CCCC[C@H]2OC(=O)N(C)C)cc1. The Morgan fingerprint density at radius 1 is 1.19 bits per heavy atom. The standard InChI is InChI=1S/C16H24N2O3/c1-18(2)16(19)21-15-7-5-4-6-14(15)17-12-8-10-13(20-3)11-9-12/h8-11,14-15,17H,4-7H2,1-3H3/t14-,15+/m0/s1. The first-order valence-corrected chi connectivity index (χ1v) is 7.38. The van der Waals surface area contributed by atoms with Crippen LogP contribution in [0.2, 0.25) is 0 Å². The van der Waals surface area contributed by atoms with E-state index in [9.17, 15) is 4.79 Å². The molecule has 0 aliphatic heterocycles. The average Bonchev–Trinajstić information content (AvgIpc) is 2.50. The van der Waals surface area contributed by atoms with Crippen molar-refractivity contribution >= 4 is 11.8 Å². The fraction of sp³-hybridized carbons (Fsp3) is 0.562. The zero-order valence-electron chi connectivity index (χ0n) is 13.0. The lowest BCUT2D eigenvalue weighted by molar-refractivity contribution is 0.0491. The Labute approximate surface area is 126 Å². The summed E-state index contributed by atoms with van der Waals surface area (Å²) in [6.07, 6.45) is 3.83. The van der Waals surface area contributed by atoms with Crippen LogP contribution in [0.1, 0.15) is 25.7 Å². The van der Waals surface area contributed by atoms with Crippen molar-refractivity contribution in [3.05, 3.63) is 24.3 Å². The van der Waals surface area contributed by atoms with Crippen LogP contribution in [-0.2, 0) is 4.74 Å². The summed E-state index contributed by atoms with van der Waals surface area (Å²) in [6.45, 7) is 0. The van der Waals surface area contributed by atoms with Crippen LogP contribution in [-0.4, -0.2) is 44.3 Å². The molecule has 0 spiro atoms. The summed E-state index contributed by atoms with van der Waals surface area (Å²) in [5, 5.41) is 3.48. The lowest BCUT2D eigenvalue weighted by Gasteiger charge is -2.33. The number of hydrogen-bond donors (Lipinski definition) is 1. The zero-order valence-corrected chi connectivity index (χ0v) is 13.0. The van der Waals surface area contributed by atoms with Gasteiger partial charge in [0.2, 0.25) is 0 Å². The number of carbonyl (C=O) groups is 1. The van der Waals surface area contributed by atoms with Gasteiger partial charge in [0.15, 0.2) is 0 Å². The molecule has 5 heteroatoms. The number of ether oxygens (including phenoxy) is 2. The van der Waals surface area contributed by atoms with Crippen molar-refractivity contribution in [1.29, 1.82) is 0 Å². The monoisotopic (exact) mass is 292 g/mol. The van der Waals surface area contributed by atoms with Gasteiger partial charge in [0.25, 0.3) is 0 Å². The molecule has 1 fully saturated rings. The molecule has 2 atom stereocenters. The van der Waals surface area contributed by atoms with Crippen molar-refractivity contribution in [3.8, 4) is 5.75 Å². The minimum absolute atomic E-state index is 0.0734. The Morgan fingerprint density at radius 2 is 1.86 bits per heavy atom. The second-order valence-electron chi connectivity index (χ2n) is 5.58. The Morgan fingerprint density at radius 3 is 2.48 bits per heavy atom. The van der Waals surface area contributed by atoms with E-state index in [1.807, 2.05) is 24.3 Å². The highest BCUT2D eigenvalue weighted by Crippen LogP contribution is 2.26. The lowest BCUT2D eigenvalue weighted by atomic mass is 9.92. The third-order valence-electron chi connectivity index (χ3n) is 3.76. The number of benzene rings is 1. The van der Waals surface area contributed by atoms with Gasteiger partial charge in [0.05, 0.1) is 13.2 Å². The molecule has 1 aromatic carbocycles. The molecule has 0 aromatic heterocycles. The number of amides is 1. The summed E-state index contributed by atoms with van der Waals surface area (Å²) in [6, 6.07) is 7.98. The first-order chi connectivity index (χ1) is 10.1. The molecule has 0 heterocycles. The molecule has 2 rings (SSSR count). The maximum absolute atomic E-state index is 11.8. The molecule has 1 N–H and O–H groups in total. The Balaban J connectivity index is 1.99. The Kier molecular flexibility index (Phi) is 5.31. The van der Waals surface area contributed by atoms with Gasteiger partial charge in [-0.15, -0.1) is 0 Å². The molecule has 5 nitrogen and oxygen atoms in total. The smallest absolute Gasteiger partial charge is 0.409 e. The predicted octanol–water partition coefficient (Wildman–Crippen LogP) is 3.12. The van der Waals surface area contributed by atoms with E-state index in [0.717, 1.165) is 37.1 Å². The molecular weight excluding hydrogens is 268 g/mol. The molecule has 1 aliphatic carbocycles. The van der Waals surface area contributed by atoms with Crippen LogP contribution >= 0.6 is 0 Å². The summed E-state index contributed by atoms with van der Waals surface area (Å²) < 4.78 is 10.7. The maximum Gasteiger partial charge on any atom is 0.409 e. The molecule has 0 saturated heterocycles. The molecule has 1 aliphatic rings. The largest absolute Gasteiger partial charge is 0.497 e. The van der Waals surface area contributed by atoms with Gasteiger partial charge in [0, 0.05) is 19.8 Å². The maximum atomic E-state index is 11.8. The van der Waals surface area contributed by atoms with E-state index in [0.29, 0.717) is 0 Å². The zero-order chi connectivity index (χ0) is 15.2. The van der Waals surface area contributed by atoms with Crippen LogP contribution in [0, 0.1) is 0 Å². The van der Waals surface area contributed by atoms with E-state index in [2.05, 4.69) is 5.32 Å². The fourth-order valence-corrected chi connectivity index (χ4v) is 2.54. The van der Waals surface area contributed by atoms with Gasteiger partial charge in [-0.1, -0.05) is 6.42 Å². The summed E-state index contributed by atoms with van der Waals surface area (Å²) in [5.74, 6) is 0.833. The van der Waals surface area contributed by atoms with E-state index in [1.54, 1.807) is 21.2 Å². The summed E-state index contributed by atoms with van der Waals surface area (Å²) in [7, 11) is 5.06. The third-order valence-corrected chi connectivity index (χ3v) is 3.76. The number of hydrogen-bond acceptors (Lipinski definition) is 4. The van der Waals surface area contributed by atoms with Crippen molar-refractivity contribution in [2.75, 3.05) is 26.5 Å². The number of nitrogens with zero attached hydrogens (tertiary/aromatic N) is 1. The average molecular weight is 292 g/mol. The molecule has 1 aromatic rings. The van der Waals surface area contributed by atoms with Crippen LogP contribution < -0.4 is 10.1 Å². The van der Waals surface area contributed by atoms with Crippen LogP contribution in [0.5, 0.6) is 5.75 Å². The van der Waals surface area contributed by atoms with Crippen LogP contribution in [0.25, 0.3) is 0 Å². The first-order valence-electron chi connectivity index (χ1n) is 7.38. The molecule has 1 amide bonds. The normalized spacial score (nSPS) is 21.5. The van der Waals surface area contributed by atoms with Gasteiger partial charge in [-0.05, 0) is 43.5 Å². The number of rotatable bonds is 4. The van der Waals surface area contributed by atoms with Gasteiger partial charge in [-0.2, -0.15) is 0 Å². The van der Waals surface area contributed by atoms with Gasteiger partial charge in [-0.3, -0.25) is 0 Å².